The van der Waals surface area contributed by atoms with E-state index in [-0.39, 0.29) is 9.80 Å². The smallest absolute Gasteiger partial charge is 0.331 e. The topological polar surface area (TPSA) is 146 Å². The first-order valence-corrected chi connectivity index (χ1v) is 19.2. The number of hydrogen-bond donors (Lipinski definition) is 0. The summed E-state index contributed by atoms with van der Waals surface area (Å²) in [5.41, 5.74) is 0. The van der Waals surface area contributed by atoms with Gasteiger partial charge in [-0.2, -0.15) is 35.1 Å². The van der Waals surface area contributed by atoms with Gasteiger partial charge in [0.25, 0.3) is 0 Å². The zero-order valence-corrected chi connectivity index (χ0v) is 34.5. The van der Waals surface area contributed by atoms with E-state index >= 15 is 0 Å². The van der Waals surface area contributed by atoms with E-state index in [1.165, 1.54) is 0 Å². The van der Waals surface area contributed by atoms with Gasteiger partial charge in [-0.1, -0.05) is 12.2 Å². The van der Waals surface area contributed by atoms with Crippen LogP contribution in [-0.2, 0) is 28.8 Å². The van der Waals surface area contributed by atoms with Crippen LogP contribution in [0.25, 0.3) is 0 Å². The summed E-state index contributed by atoms with van der Waals surface area (Å²) in [4.78, 5) is 80.4. The Morgan fingerprint density at radius 1 is 0.315 bits per heavy atom. The maximum absolute atomic E-state index is 14.5. The summed E-state index contributed by atoms with van der Waals surface area (Å²) in [6.07, 6.45) is 1.70. The van der Waals surface area contributed by atoms with E-state index in [0.29, 0.717) is 0 Å². The molecule has 0 heterocycles. The Balaban J connectivity index is 1.38. The molecule has 2 bridgehead atoms. The lowest BCUT2D eigenvalue weighted by Gasteiger charge is -2.33. The fourth-order valence-electron chi connectivity index (χ4n) is 7.25. The second kappa shape index (κ2) is 20.6. The monoisotopic (exact) mass is 1080 g/mol. The third-order valence-electron chi connectivity index (χ3n) is 10.5. The molecule has 6 rings (SSSR count). The molecule has 73 heavy (non-hydrogen) atoms. The zero-order valence-electron chi connectivity index (χ0n) is 34.5. The molecular weight excluding hydrogens is 1060 g/mol. The molecule has 2 aliphatic carbocycles. The SMILES string of the molecule is O=C(CN(CC(=O)Oc1c(F)c(F)c(F)c(F)c1F)C(=O)C1C2C=CC(C2)C1C(=O)N(CC(=O)Oc1c(F)c(F)c(F)c(F)c1F)CC(=O)Oc1c(F)c(F)c(F)c(F)c1F)Oc1c(F)c(F)c(F)c(F)c1F. The van der Waals surface area contributed by atoms with E-state index in [0.717, 1.165) is 12.2 Å². The summed E-state index contributed by atoms with van der Waals surface area (Å²) in [7, 11) is 0. The highest BCUT2D eigenvalue weighted by atomic mass is 19.2. The van der Waals surface area contributed by atoms with Gasteiger partial charge in [-0.05, 0) is 18.3 Å². The van der Waals surface area contributed by atoms with Crippen LogP contribution in [0.4, 0.5) is 87.8 Å². The van der Waals surface area contributed by atoms with Crippen LogP contribution in [0.5, 0.6) is 23.0 Å². The molecular formula is C41H16F20N2O10. The minimum absolute atomic E-state index is 0.262. The Labute approximate surface area is 388 Å². The molecule has 0 aliphatic heterocycles. The quantitative estimate of drug-likeness (QED) is 0.0316. The number of carbonyl (C=O) groups is 6. The molecule has 0 aromatic heterocycles. The van der Waals surface area contributed by atoms with Crippen LogP contribution in [0.15, 0.2) is 12.2 Å². The molecule has 4 aromatic rings. The first-order chi connectivity index (χ1) is 34.0. The number of fused-ring (bicyclic) bond motifs is 2. The van der Waals surface area contributed by atoms with Crippen LogP contribution < -0.4 is 18.9 Å². The number of benzene rings is 4. The number of esters is 4. The summed E-state index contributed by atoms with van der Waals surface area (Å²) in [5, 5.41) is 0. The number of halogens is 20. The normalized spacial score (nSPS) is 16.7. The molecule has 2 aliphatic rings. The van der Waals surface area contributed by atoms with E-state index in [1.54, 1.807) is 0 Å². The molecule has 0 saturated heterocycles. The van der Waals surface area contributed by atoms with Crippen LogP contribution in [0.3, 0.4) is 0 Å². The molecule has 4 atom stereocenters. The summed E-state index contributed by atoms with van der Waals surface area (Å²) in [5.74, 6) is -85.5. The van der Waals surface area contributed by atoms with Crippen molar-refractivity contribution in [3.05, 3.63) is 128 Å². The van der Waals surface area contributed by atoms with E-state index in [1.807, 2.05) is 0 Å². The van der Waals surface area contributed by atoms with Gasteiger partial charge in [-0.15, -0.1) is 0 Å². The fraction of sp³-hybridized carbons (Fsp3) is 0.220. The van der Waals surface area contributed by atoms with Crippen molar-refractivity contribution in [3.63, 3.8) is 0 Å². The molecule has 4 unspecified atom stereocenters. The van der Waals surface area contributed by atoms with E-state index in [2.05, 4.69) is 18.9 Å². The third kappa shape index (κ3) is 9.99. The van der Waals surface area contributed by atoms with Gasteiger partial charge in [0.05, 0.1) is 11.8 Å². The highest BCUT2D eigenvalue weighted by Crippen LogP contribution is 2.50. The van der Waals surface area contributed by atoms with Crippen molar-refractivity contribution >= 4 is 35.7 Å². The maximum Gasteiger partial charge on any atom is 0.331 e. The average molecular weight is 1080 g/mol. The third-order valence-corrected chi connectivity index (χ3v) is 10.5. The summed E-state index contributed by atoms with van der Waals surface area (Å²) in [6.45, 7) is -8.07. The van der Waals surface area contributed by atoms with Crippen molar-refractivity contribution in [1.82, 2.24) is 9.80 Å². The van der Waals surface area contributed by atoms with Gasteiger partial charge in [0.15, 0.2) is 0 Å². The summed E-state index contributed by atoms with van der Waals surface area (Å²) in [6, 6.07) is 0. The second-order valence-corrected chi connectivity index (χ2v) is 14.9. The van der Waals surface area contributed by atoms with Crippen LogP contribution in [-0.4, -0.2) is 71.7 Å². The predicted octanol–water partition coefficient (Wildman–Crippen LogP) is 7.29. The standard InChI is InChI=1S/C41H16F20N2O10/c42-16-20(46)28(54)36(29(55)21(16)47)70-10(64)4-62(5-11(65)71-37-30(56)22(48)17(43)23(49)31(37)57)40(68)14-8-1-2-9(3-8)15(14)41(69)63(6-12(66)72-38-32(58)24(50)18(44)25(51)33(38)59)7-13(67)73-39-34(60)26(52)19(45)27(53)35(39)61/h1-2,8-9,14-15H,3-7H2. The zero-order chi connectivity index (χ0) is 54.6. The minimum atomic E-state index is -2.81. The lowest BCUT2D eigenvalue weighted by atomic mass is 9.81. The van der Waals surface area contributed by atoms with Crippen molar-refractivity contribution in [2.75, 3.05) is 26.2 Å². The van der Waals surface area contributed by atoms with E-state index in [4.69, 9.17) is 0 Å². The van der Waals surface area contributed by atoms with Gasteiger partial charge in [-0.25, -0.2) is 71.9 Å². The van der Waals surface area contributed by atoms with Crippen molar-refractivity contribution in [2.24, 2.45) is 23.7 Å². The Hall–Kier alpha value is -7.96. The van der Waals surface area contributed by atoms with E-state index in [9.17, 15) is 117 Å². The molecule has 1 fully saturated rings. The fourth-order valence-corrected chi connectivity index (χ4v) is 7.25. The average Bonchev–Trinajstić information content (AvgIpc) is 3.98. The number of nitrogens with zero attached hydrogens (tertiary/aromatic N) is 2. The van der Waals surface area contributed by atoms with Crippen LogP contribution in [0.2, 0.25) is 0 Å². The number of hydrogen-bond acceptors (Lipinski definition) is 10. The van der Waals surface area contributed by atoms with Crippen LogP contribution >= 0.6 is 0 Å². The molecule has 32 heteroatoms. The van der Waals surface area contributed by atoms with Crippen LogP contribution in [0.1, 0.15) is 6.42 Å². The number of ether oxygens (including phenoxy) is 4. The molecule has 390 valence electrons. The lowest BCUT2D eigenvalue weighted by molar-refractivity contribution is -0.156. The van der Waals surface area contributed by atoms with Crippen molar-refractivity contribution < 1.29 is 136 Å². The molecule has 0 N–H and O–H groups in total. The number of allylic oxidation sites excluding steroid dienone is 2. The molecule has 12 nitrogen and oxygen atoms in total. The Bertz CT molecular complexity index is 2610. The minimum Gasteiger partial charge on any atom is -0.419 e. The molecule has 1 saturated carbocycles. The Morgan fingerprint density at radius 3 is 0.658 bits per heavy atom. The highest BCUT2D eigenvalue weighted by Gasteiger charge is 2.54. The molecule has 2 amide bonds. The lowest BCUT2D eigenvalue weighted by Crippen LogP contribution is -2.52. The van der Waals surface area contributed by atoms with Gasteiger partial charge >= 0.3 is 23.9 Å². The van der Waals surface area contributed by atoms with Gasteiger partial charge in [0.1, 0.15) is 26.2 Å². The Morgan fingerprint density at radius 2 is 0.479 bits per heavy atom. The Kier molecular flexibility index (Phi) is 15.4. The summed E-state index contributed by atoms with van der Waals surface area (Å²) >= 11 is 0. The highest BCUT2D eigenvalue weighted by molar-refractivity contribution is 5.95. The predicted molar refractivity (Wildman–Crippen MR) is 188 cm³/mol. The van der Waals surface area contributed by atoms with Gasteiger partial charge in [0, 0.05) is 0 Å². The van der Waals surface area contributed by atoms with Gasteiger partial charge in [-0.3, -0.25) is 9.59 Å². The van der Waals surface area contributed by atoms with Gasteiger partial charge in [0.2, 0.25) is 151 Å². The first kappa shape index (κ1) is 54.4. The first-order valence-electron chi connectivity index (χ1n) is 19.2. The number of carbonyl (C=O) groups excluding carboxylic acids is 6. The molecule has 0 radical (unpaired) electrons. The van der Waals surface area contributed by atoms with E-state index < -0.39 is 231 Å². The second-order valence-electron chi connectivity index (χ2n) is 14.9. The maximum atomic E-state index is 14.5. The van der Waals surface area contributed by atoms with Crippen molar-refractivity contribution in [3.8, 4) is 23.0 Å². The van der Waals surface area contributed by atoms with Crippen molar-refractivity contribution in [1.29, 1.82) is 0 Å². The molecule has 0 spiro atoms. The van der Waals surface area contributed by atoms with Crippen LogP contribution in [0, 0.1) is 140 Å². The number of amides is 2. The summed E-state index contributed by atoms with van der Waals surface area (Å²) < 4.78 is 298. The number of rotatable bonds is 14. The largest absolute Gasteiger partial charge is 0.419 e. The van der Waals surface area contributed by atoms with Gasteiger partial charge < -0.3 is 28.7 Å². The molecule has 4 aromatic carbocycles. The van der Waals surface area contributed by atoms with Crippen molar-refractivity contribution in [2.45, 2.75) is 6.42 Å².